The monoisotopic (exact) mass is 256 g/mol. The van der Waals surface area contributed by atoms with Crippen molar-refractivity contribution >= 4 is 12.1 Å². The fourth-order valence-corrected chi connectivity index (χ4v) is 2.24. The number of likely N-dealkylation sites (tertiary alicyclic amines) is 1. The Morgan fingerprint density at radius 2 is 2.22 bits per heavy atom. The Kier molecular flexibility index (Phi) is 4.54. The van der Waals surface area contributed by atoms with Crippen molar-refractivity contribution < 1.29 is 19.1 Å². The zero-order valence-electron chi connectivity index (χ0n) is 10.8. The van der Waals surface area contributed by atoms with E-state index in [1.807, 2.05) is 11.1 Å². The second-order valence-corrected chi connectivity index (χ2v) is 4.69. The van der Waals surface area contributed by atoms with Crippen molar-refractivity contribution in [3.8, 4) is 0 Å². The SMILES string of the molecule is COCCOCC(=O)N1CCC2(CC=NO2)CC1. The molecular weight excluding hydrogens is 236 g/mol. The molecule has 2 rings (SSSR count). The largest absolute Gasteiger partial charge is 0.389 e. The first-order valence-electron chi connectivity index (χ1n) is 6.30. The molecule has 1 saturated heterocycles. The van der Waals surface area contributed by atoms with Gasteiger partial charge < -0.3 is 19.2 Å². The Morgan fingerprint density at radius 3 is 2.83 bits per heavy atom. The van der Waals surface area contributed by atoms with Gasteiger partial charge in [-0.1, -0.05) is 5.16 Å². The first-order valence-corrected chi connectivity index (χ1v) is 6.30. The molecular formula is C12H20N2O4. The van der Waals surface area contributed by atoms with Gasteiger partial charge in [-0.15, -0.1) is 0 Å². The van der Waals surface area contributed by atoms with E-state index in [4.69, 9.17) is 14.3 Å². The fraction of sp³-hybridized carbons (Fsp3) is 0.833. The van der Waals surface area contributed by atoms with Crippen molar-refractivity contribution in [1.29, 1.82) is 0 Å². The molecule has 0 radical (unpaired) electrons. The van der Waals surface area contributed by atoms with E-state index >= 15 is 0 Å². The summed E-state index contributed by atoms with van der Waals surface area (Å²) >= 11 is 0. The Bertz CT molecular complexity index is 301. The van der Waals surface area contributed by atoms with E-state index in [-0.39, 0.29) is 18.1 Å². The number of carbonyl (C=O) groups excluding carboxylic acids is 1. The molecule has 0 saturated carbocycles. The summed E-state index contributed by atoms with van der Waals surface area (Å²) in [5, 5.41) is 3.83. The van der Waals surface area contributed by atoms with E-state index in [2.05, 4.69) is 5.16 Å². The average molecular weight is 256 g/mol. The molecule has 1 spiro atoms. The second-order valence-electron chi connectivity index (χ2n) is 4.69. The normalized spacial score (nSPS) is 21.3. The van der Waals surface area contributed by atoms with Gasteiger partial charge in [0.05, 0.1) is 13.2 Å². The van der Waals surface area contributed by atoms with Crippen LogP contribution in [-0.2, 0) is 19.1 Å². The minimum absolute atomic E-state index is 0.0415. The highest BCUT2D eigenvalue weighted by Gasteiger charge is 2.39. The van der Waals surface area contributed by atoms with Gasteiger partial charge in [-0.05, 0) is 0 Å². The molecule has 2 aliphatic rings. The number of rotatable bonds is 5. The molecule has 1 amide bonds. The third-order valence-corrected chi connectivity index (χ3v) is 3.47. The molecule has 0 aromatic rings. The summed E-state index contributed by atoms with van der Waals surface area (Å²) in [7, 11) is 1.61. The molecule has 0 atom stereocenters. The van der Waals surface area contributed by atoms with Crippen molar-refractivity contribution in [2.24, 2.45) is 5.16 Å². The van der Waals surface area contributed by atoms with Gasteiger partial charge in [-0.2, -0.15) is 0 Å². The molecule has 6 heteroatoms. The smallest absolute Gasteiger partial charge is 0.248 e. The Morgan fingerprint density at radius 1 is 1.44 bits per heavy atom. The van der Waals surface area contributed by atoms with Crippen LogP contribution in [0.3, 0.4) is 0 Å². The number of oxime groups is 1. The highest BCUT2D eigenvalue weighted by atomic mass is 16.7. The quantitative estimate of drug-likeness (QED) is 0.669. The summed E-state index contributed by atoms with van der Waals surface area (Å²) in [6.45, 7) is 2.54. The lowest BCUT2D eigenvalue weighted by atomic mass is 9.89. The minimum Gasteiger partial charge on any atom is -0.389 e. The van der Waals surface area contributed by atoms with Gasteiger partial charge in [0.15, 0.2) is 0 Å². The molecule has 0 N–H and O–H groups in total. The first kappa shape index (κ1) is 13.3. The van der Waals surface area contributed by atoms with Crippen molar-refractivity contribution in [2.75, 3.05) is 40.0 Å². The molecule has 1 fully saturated rings. The highest BCUT2D eigenvalue weighted by Crippen LogP contribution is 2.32. The van der Waals surface area contributed by atoms with Gasteiger partial charge in [-0.25, -0.2) is 0 Å². The summed E-state index contributed by atoms with van der Waals surface area (Å²) in [4.78, 5) is 19.1. The predicted molar refractivity (Wildman–Crippen MR) is 65.4 cm³/mol. The molecule has 18 heavy (non-hydrogen) atoms. The fourth-order valence-electron chi connectivity index (χ4n) is 2.24. The molecule has 6 nitrogen and oxygen atoms in total. The third-order valence-electron chi connectivity index (χ3n) is 3.47. The number of hydrogen-bond donors (Lipinski definition) is 0. The number of carbonyl (C=O) groups is 1. The van der Waals surface area contributed by atoms with Gasteiger partial charge in [0, 0.05) is 45.7 Å². The average Bonchev–Trinajstić information content (AvgIpc) is 2.84. The summed E-state index contributed by atoms with van der Waals surface area (Å²) in [6, 6.07) is 0. The Balaban J connectivity index is 1.67. The lowest BCUT2D eigenvalue weighted by Gasteiger charge is -2.37. The van der Waals surface area contributed by atoms with Crippen LogP contribution in [-0.4, -0.2) is 62.6 Å². The Hall–Kier alpha value is -1.14. The number of hydrogen-bond acceptors (Lipinski definition) is 5. The topological polar surface area (TPSA) is 60.4 Å². The van der Waals surface area contributed by atoms with E-state index in [0.717, 1.165) is 32.4 Å². The molecule has 0 aromatic carbocycles. The van der Waals surface area contributed by atoms with Gasteiger partial charge in [0.1, 0.15) is 12.2 Å². The van der Waals surface area contributed by atoms with Gasteiger partial charge in [0.25, 0.3) is 0 Å². The van der Waals surface area contributed by atoms with Crippen LogP contribution in [0.4, 0.5) is 0 Å². The molecule has 0 aromatic heterocycles. The third kappa shape index (κ3) is 3.20. The van der Waals surface area contributed by atoms with Crippen LogP contribution in [0.25, 0.3) is 0 Å². The van der Waals surface area contributed by atoms with Crippen molar-refractivity contribution in [3.05, 3.63) is 0 Å². The molecule has 0 bridgehead atoms. The van der Waals surface area contributed by atoms with E-state index in [1.165, 1.54) is 0 Å². The zero-order chi connectivity index (χ0) is 12.8. The summed E-state index contributed by atoms with van der Waals surface area (Å²) in [6.07, 6.45) is 4.36. The maximum Gasteiger partial charge on any atom is 0.248 e. The lowest BCUT2D eigenvalue weighted by molar-refractivity contribution is -0.142. The summed E-state index contributed by atoms with van der Waals surface area (Å²) in [5.74, 6) is 0.0415. The number of methoxy groups -OCH3 is 1. The number of amides is 1. The molecule has 2 heterocycles. The van der Waals surface area contributed by atoms with Crippen LogP contribution in [0.1, 0.15) is 19.3 Å². The Labute approximate surface area is 107 Å². The first-order chi connectivity index (χ1) is 8.76. The maximum absolute atomic E-state index is 11.9. The van der Waals surface area contributed by atoms with Crippen LogP contribution in [0.15, 0.2) is 5.16 Å². The summed E-state index contributed by atoms with van der Waals surface area (Å²) in [5.41, 5.74) is -0.145. The van der Waals surface area contributed by atoms with Gasteiger partial charge >= 0.3 is 0 Å². The van der Waals surface area contributed by atoms with E-state index in [9.17, 15) is 4.79 Å². The molecule has 0 aliphatic carbocycles. The van der Waals surface area contributed by atoms with Crippen LogP contribution in [0.2, 0.25) is 0 Å². The zero-order valence-corrected chi connectivity index (χ0v) is 10.8. The van der Waals surface area contributed by atoms with Crippen molar-refractivity contribution in [3.63, 3.8) is 0 Å². The van der Waals surface area contributed by atoms with Gasteiger partial charge in [-0.3, -0.25) is 4.79 Å². The number of piperidine rings is 1. The van der Waals surface area contributed by atoms with Crippen LogP contribution >= 0.6 is 0 Å². The molecule has 102 valence electrons. The summed E-state index contributed by atoms with van der Waals surface area (Å²) < 4.78 is 10.1. The number of ether oxygens (including phenoxy) is 2. The van der Waals surface area contributed by atoms with E-state index in [1.54, 1.807) is 7.11 Å². The standard InChI is InChI=1S/C12H20N2O4/c1-16-8-9-17-10-11(15)14-6-3-12(4-7-14)2-5-13-18-12/h5H,2-4,6-10H2,1H3. The molecule has 0 unspecified atom stereocenters. The van der Waals surface area contributed by atoms with Crippen molar-refractivity contribution in [2.45, 2.75) is 24.9 Å². The van der Waals surface area contributed by atoms with Crippen molar-refractivity contribution in [1.82, 2.24) is 4.90 Å². The molecule has 2 aliphatic heterocycles. The van der Waals surface area contributed by atoms with Crippen LogP contribution in [0.5, 0.6) is 0 Å². The predicted octanol–water partition coefficient (Wildman–Crippen LogP) is 0.417. The number of nitrogens with zero attached hydrogens (tertiary/aromatic N) is 2. The van der Waals surface area contributed by atoms with Crippen LogP contribution in [0, 0.1) is 0 Å². The minimum atomic E-state index is -0.145. The second kappa shape index (κ2) is 6.15. The lowest BCUT2D eigenvalue weighted by Crippen LogP contribution is -2.47. The van der Waals surface area contributed by atoms with Crippen LogP contribution < -0.4 is 0 Å². The maximum atomic E-state index is 11.9. The van der Waals surface area contributed by atoms with E-state index < -0.39 is 0 Å². The highest BCUT2D eigenvalue weighted by molar-refractivity contribution is 5.77. The van der Waals surface area contributed by atoms with Gasteiger partial charge in [0.2, 0.25) is 5.91 Å². The van der Waals surface area contributed by atoms with E-state index in [0.29, 0.717) is 13.2 Å².